The van der Waals surface area contributed by atoms with Crippen LogP contribution < -0.4 is 5.32 Å². The van der Waals surface area contributed by atoms with Gasteiger partial charge in [-0.2, -0.15) is 0 Å². The Morgan fingerprint density at radius 1 is 1.37 bits per heavy atom. The van der Waals surface area contributed by atoms with Crippen molar-refractivity contribution in [1.82, 2.24) is 10.2 Å². The minimum Gasteiger partial charge on any atom is -0.481 e. The van der Waals surface area contributed by atoms with Gasteiger partial charge in [-0.3, -0.25) is 4.79 Å². The second kappa shape index (κ2) is 9.61. The van der Waals surface area contributed by atoms with Crippen molar-refractivity contribution in [3.63, 3.8) is 0 Å². The molecule has 0 saturated carbocycles. The van der Waals surface area contributed by atoms with Crippen molar-refractivity contribution >= 4 is 12.0 Å². The van der Waals surface area contributed by atoms with Crippen LogP contribution in [0.3, 0.4) is 0 Å². The Hall–Kier alpha value is -1.30. The van der Waals surface area contributed by atoms with Crippen molar-refractivity contribution in [1.29, 1.82) is 0 Å². The van der Waals surface area contributed by atoms with Crippen LogP contribution in [0.5, 0.6) is 0 Å². The van der Waals surface area contributed by atoms with Crippen molar-refractivity contribution in [2.24, 2.45) is 0 Å². The van der Waals surface area contributed by atoms with Gasteiger partial charge in [0.25, 0.3) is 0 Å². The molecular formula is C13H26N2O4. The lowest BCUT2D eigenvalue weighted by molar-refractivity contribution is -0.137. The highest BCUT2D eigenvalue weighted by molar-refractivity contribution is 5.75. The number of amides is 2. The lowest BCUT2D eigenvalue weighted by Crippen LogP contribution is -2.49. The molecule has 1 atom stereocenters. The summed E-state index contributed by atoms with van der Waals surface area (Å²) in [6.07, 6.45) is 1.33. The summed E-state index contributed by atoms with van der Waals surface area (Å²) in [6, 6.07) is -0.142. The normalized spacial score (nSPS) is 12.3. The summed E-state index contributed by atoms with van der Waals surface area (Å²) in [5.41, 5.74) is 0. The quantitative estimate of drug-likeness (QED) is 0.670. The Labute approximate surface area is 115 Å². The molecule has 112 valence electrons. The number of methoxy groups -OCH3 is 1. The van der Waals surface area contributed by atoms with Crippen LogP contribution in [0.1, 0.15) is 40.0 Å². The first kappa shape index (κ1) is 17.7. The smallest absolute Gasteiger partial charge is 0.317 e. The molecule has 6 nitrogen and oxygen atoms in total. The van der Waals surface area contributed by atoms with Crippen LogP contribution in [-0.4, -0.2) is 54.4 Å². The van der Waals surface area contributed by atoms with Crippen LogP contribution in [0.15, 0.2) is 0 Å². The van der Waals surface area contributed by atoms with E-state index in [2.05, 4.69) is 5.32 Å². The highest BCUT2D eigenvalue weighted by Crippen LogP contribution is 2.04. The van der Waals surface area contributed by atoms with E-state index >= 15 is 0 Å². The first-order valence-corrected chi connectivity index (χ1v) is 6.70. The molecule has 0 aromatic heterocycles. The van der Waals surface area contributed by atoms with E-state index in [1.165, 1.54) is 0 Å². The van der Waals surface area contributed by atoms with Gasteiger partial charge in [-0.25, -0.2) is 4.79 Å². The molecule has 2 amide bonds. The third-order valence-corrected chi connectivity index (χ3v) is 2.86. The molecule has 2 N–H and O–H groups in total. The molecule has 19 heavy (non-hydrogen) atoms. The molecule has 0 aromatic carbocycles. The second-order valence-corrected chi connectivity index (χ2v) is 4.79. The Kier molecular flexibility index (Phi) is 8.95. The van der Waals surface area contributed by atoms with Gasteiger partial charge in [0.05, 0.1) is 12.6 Å². The molecule has 0 bridgehead atoms. The molecule has 0 aliphatic heterocycles. The summed E-state index contributed by atoms with van der Waals surface area (Å²) in [7, 11) is 1.60. The average Bonchev–Trinajstić information content (AvgIpc) is 2.32. The second-order valence-electron chi connectivity index (χ2n) is 4.79. The third-order valence-electron chi connectivity index (χ3n) is 2.86. The summed E-state index contributed by atoms with van der Waals surface area (Å²) >= 11 is 0. The minimum absolute atomic E-state index is 0.0155. The third kappa shape index (κ3) is 7.66. The zero-order valence-electron chi connectivity index (χ0n) is 12.3. The van der Waals surface area contributed by atoms with Crippen LogP contribution in [0.25, 0.3) is 0 Å². The topological polar surface area (TPSA) is 78.9 Å². The number of nitrogens with zero attached hydrogens (tertiary/aromatic N) is 1. The zero-order valence-corrected chi connectivity index (χ0v) is 12.3. The monoisotopic (exact) mass is 274 g/mol. The molecule has 1 unspecified atom stereocenters. The largest absolute Gasteiger partial charge is 0.481 e. The first-order valence-electron chi connectivity index (χ1n) is 6.70. The summed E-state index contributed by atoms with van der Waals surface area (Å²) in [5.74, 6) is -0.838. The van der Waals surface area contributed by atoms with Crippen LogP contribution in [0, 0.1) is 0 Å². The minimum atomic E-state index is -0.838. The van der Waals surface area contributed by atoms with Gasteiger partial charge >= 0.3 is 12.0 Å². The number of rotatable bonds is 9. The van der Waals surface area contributed by atoms with Gasteiger partial charge in [-0.15, -0.1) is 0 Å². The van der Waals surface area contributed by atoms with E-state index in [0.717, 1.165) is 6.42 Å². The molecular weight excluding hydrogens is 248 g/mol. The number of ether oxygens (including phenoxy) is 1. The number of urea groups is 1. The van der Waals surface area contributed by atoms with E-state index in [9.17, 15) is 9.59 Å². The highest BCUT2D eigenvalue weighted by Gasteiger charge is 2.19. The molecule has 0 aromatic rings. The van der Waals surface area contributed by atoms with E-state index in [-0.39, 0.29) is 24.5 Å². The number of nitrogens with one attached hydrogen (secondary N) is 1. The van der Waals surface area contributed by atoms with Crippen LogP contribution in [0.2, 0.25) is 0 Å². The lowest BCUT2D eigenvalue weighted by atomic mass is 10.2. The highest BCUT2D eigenvalue weighted by atomic mass is 16.5. The maximum atomic E-state index is 12.1. The predicted octanol–water partition coefficient (Wildman–Crippen LogP) is 1.70. The summed E-state index contributed by atoms with van der Waals surface area (Å²) < 4.78 is 5.04. The number of carboxylic acid groups (broad SMARTS) is 1. The van der Waals surface area contributed by atoms with Gasteiger partial charge in [-0.1, -0.05) is 6.92 Å². The zero-order chi connectivity index (χ0) is 14.8. The average molecular weight is 274 g/mol. The molecule has 0 heterocycles. The maximum Gasteiger partial charge on any atom is 0.317 e. The molecule has 0 saturated heterocycles. The molecule has 0 aliphatic carbocycles. The number of carbonyl (C=O) groups is 2. The SMILES string of the molecule is CCC(COC)NC(=O)N(CCCC(=O)O)C(C)C. The number of aliphatic carboxylic acids is 1. The molecule has 0 spiro atoms. The first-order chi connectivity index (χ1) is 8.92. The van der Waals surface area contributed by atoms with Gasteiger partial charge in [0.2, 0.25) is 0 Å². The van der Waals surface area contributed by atoms with Crippen molar-refractivity contribution in [2.45, 2.75) is 52.1 Å². The van der Waals surface area contributed by atoms with Gasteiger partial charge in [0, 0.05) is 26.1 Å². The number of carbonyl (C=O) groups excluding carboxylic acids is 1. The number of hydrogen-bond donors (Lipinski definition) is 2. The van der Waals surface area contributed by atoms with E-state index < -0.39 is 5.97 Å². The van der Waals surface area contributed by atoms with Crippen molar-refractivity contribution in [3.8, 4) is 0 Å². The van der Waals surface area contributed by atoms with Crippen molar-refractivity contribution < 1.29 is 19.4 Å². The van der Waals surface area contributed by atoms with E-state index in [1.54, 1.807) is 12.0 Å². The molecule has 0 fully saturated rings. The van der Waals surface area contributed by atoms with Gasteiger partial charge < -0.3 is 20.1 Å². The Bertz CT molecular complexity index is 282. The van der Waals surface area contributed by atoms with Crippen LogP contribution in [-0.2, 0) is 9.53 Å². The number of hydrogen-bond acceptors (Lipinski definition) is 3. The summed E-state index contributed by atoms with van der Waals surface area (Å²) in [4.78, 5) is 24.3. The lowest BCUT2D eigenvalue weighted by Gasteiger charge is -2.29. The molecule has 0 rings (SSSR count). The molecule has 6 heteroatoms. The maximum absolute atomic E-state index is 12.1. The van der Waals surface area contributed by atoms with Crippen molar-refractivity contribution in [2.75, 3.05) is 20.3 Å². The van der Waals surface area contributed by atoms with Crippen LogP contribution >= 0.6 is 0 Å². The van der Waals surface area contributed by atoms with Gasteiger partial charge in [-0.05, 0) is 26.7 Å². The molecule has 0 aliphatic rings. The Morgan fingerprint density at radius 2 is 2.00 bits per heavy atom. The summed E-state index contributed by atoms with van der Waals surface area (Å²) in [6.45, 7) is 6.73. The van der Waals surface area contributed by atoms with Crippen molar-refractivity contribution in [3.05, 3.63) is 0 Å². The van der Waals surface area contributed by atoms with Gasteiger partial charge in [0.15, 0.2) is 0 Å². The van der Waals surface area contributed by atoms with E-state index in [4.69, 9.17) is 9.84 Å². The standard InChI is InChI=1S/C13H26N2O4/c1-5-11(9-19-4)14-13(18)15(10(2)3)8-6-7-12(16)17/h10-11H,5-9H2,1-4H3,(H,14,18)(H,16,17). The fourth-order valence-corrected chi connectivity index (χ4v) is 1.72. The molecule has 0 radical (unpaired) electrons. The fourth-order valence-electron chi connectivity index (χ4n) is 1.72. The Balaban J connectivity index is 4.35. The predicted molar refractivity (Wildman–Crippen MR) is 73.2 cm³/mol. The van der Waals surface area contributed by atoms with Crippen LogP contribution in [0.4, 0.5) is 4.79 Å². The summed E-state index contributed by atoms with van der Waals surface area (Å²) in [5, 5.41) is 11.5. The van der Waals surface area contributed by atoms with Gasteiger partial charge in [0.1, 0.15) is 0 Å². The number of carboxylic acids is 1. The Morgan fingerprint density at radius 3 is 2.42 bits per heavy atom. The van der Waals surface area contributed by atoms with E-state index in [0.29, 0.717) is 19.6 Å². The fraction of sp³-hybridized carbons (Fsp3) is 0.846. The van der Waals surface area contributed by atoms with E-state index in [1.807, 2.05) is 20.8 Å².